The molecule has 0 unspecified atom stereocenters. The van der Waals surface area contributed by atoms with Crippen LogP contribution in [-0.4, -0.2) is 78.6 Å². The Morgan fingerprint density at radius 2 is 1.89 bits per heavy atom. The Hall–Kier alpha value is -1.98. The molecule has 4 amide bonds. The molecule has 1 N–H and O–H groups in total. The molecule has 1 aromatic heterocycles. The van der Waals surface area contributed by atoms with Crippen LogP contribution in [0.1, 0.15) is 20.3 Å². The van der Waals surface area contributed by atoms with E-state index < -0.39 is 21.6 Å². The zero-order valence-electron chi connectivity index (χ0n) is 15.2. The summed E-state index contributed by atoms with van der Waals surface area (Å²) in [6.07, 6.45) is 0.0207. The highest BCUT2D eigenvalue weighted by molar-refractivity contribution is 7.91. The maximum atomic E-state index is 12.5. The van der Waals surface area contributed by atoms with Gasteiger partial charge in [0.1, 0.15) is 9.75 Å². The molecule has 2 saturated heterocycles. The molecule has 0 radical (unpaired) electrons. The molecule has 148 valence electrons. The summed E-state index contributed by atoms with van der Waals surface area (Å²) < 4.78 is 26.7. The average Bonchev–Trinajstić information content (AvgIpc) is 3.22. The molecule has 2 fully saturated rings. The lowest BCUT2D eigenvalue weighted by atomic mass is 10.1. The molecule has 11 heteroatoms. The van der Waals surface area contributed by atoms with Gasteiger partial charge in [-0.05, 0) is 25.3 Å². The van der Waals surface area contributed by atoms with Crippen LogP contribution in [0.5, 0.6) is 0 Å². The van der Waals surface area contributed by atoms with E-state index in [0.717, 1.165) is 4.90 Å². The number of sulfonamides is 1. The van der Waals surface area contributed by atoms with Gasteiger partial charge in [0.2, 0.25) is 5.91 Å². The number of carbonyl (C=O) groups is 3. The number of amides is 4. The summed E-state index contributed by atoms with van der Waals surface area (Å²) in [5.74, 6) is -0.555. The number of carbonyl (C=O) groups excluding carboxylic acids is 3. The molecule has 2 aliphatic heterocycles. The minimum Gasteiger partial charge on any atom is -0.340 e. The van der Waals surface area contributed by atoms with Gasteiger partial charge in [0.25, 0.3) is 15.9 Å². The zero-order valence-corrected chi connectivity index (χ0v) is 16.8. The molecule has 2 aliphatic rings. The fourth-order valence-electron chi connectivity index (χ4n) is 3.10. The summed E-state index contributed by atoms with van der Waals surface area (Å²) in [4.78, 5) is 39.0. The largest absolute Gasteiger partial charge is 0.340 e. The standard InChI is InChI=1S/C16H22N4O5S2/c1-16(2)14(22)20(15(23)17-16)6-5-12(21)18-7-9-19(10-8-18)27(24,25)13-4-3-11-26-13/h3-4,11H,5-10H2,1-2H3,(H,17,23). The maximum Gasteiger partial charge on any atom is 0.325 e. The predicted octanol–water partition coefficient (Wildman–Crippen LogP) is 0.302. The third-order valence-corrected chi connectivity index (χ3v) is 7.95. The van der Waals surface area contributed by atoms with E-state index in [0.29, 0.717) is 4.21 Å². The average molecular weight is 415 g/mol. The summed E-state index contributed by atoms with van der Waals surface area (Å²) in [7, 11) is -3.51. The second-order valence-electron chi connectivity index (χ2n) is 6.98. The Balaban J connectivity index is 1.52. The van der Waals surface area contributed by atoms with Crippen LogP contribution >= 0.6 is 11.3 Å². The topological polar surface area (TPSA) is 107 Å². The fraction of sp³-hybridized carbons (Fsp3) is 0.562. The maximum absolute atomic E-state index is 12.5. The second kappa shape index (κ2) is 7.21. The van der Waals surface area contributed by atoms with Crippen molar-refractivity contribution in [1.29, 1.82) is 0 Å². The van der Waals surface area contributed by atoms with Crippen LogP contribution in [-0.2, 0) is 19.6 Å². The van der Waals surface area contributed by atoms with Crippen molar-refractivity contribution in [3.63, 3.8) is 0 Å². The van der Waals surface area contributed by atoms with Crippen molar-refractivity contribution in [2.24, 2.45) is 0 Å². The summed E-state index contributed by atoms with van der Waals surface area (Å²) in [5.41, 5.74) is -0.956. The lowest BCUT2D eigenvalue weighted by Crippen LogP contribution is -2.51. The SMILES string of the molecule is CC1(C)NC(=O)N(CCC(=O)N2CCN(S(=O)(=O)c3cccs3)CC2)C1=O. The highest BCUT2D eigenvalue weighted by atomic mass is 32.2. The van der Waals surface area contributed by atoms with E-state index in [1.165, 1.54) is 15.6 Å². The first kappa shape index (κ1) is 19.8. The number of thiophene rings is 1. The third-order valence-electron chi connectivity index (χ3n) is 4.67. The Morgan fingerprint density at radius 1 is 1.22 bits per heavy atom. The van der Waals surface area contributed by atoms with E-state index in [2.05, 4.69) is 5.32 Å². The molecule has 0 aliphatic carbocycles. The van der Waals surface area contributed by atoms with Gasteiger partial charge in [-0.1, -0.05) is 6.07 Å². The van der Waals surface area contributed by atoms with Gasteiger partial charge in [-0.25, -0.2) is 13.2 Å². The fourth-order valence-corrected chi connectivity index (χ4v) is 5.67. The van der Waals surface area contributed by atoms with Crippen LogP contribution in [0.3, 0.4) is 0 Å². The van der Waals surface area contributed by atoms with Crippen molar-refractivity contribution in [1.82, 2.24) is 19.4 Å². The van der Waals surface area contributed by atoms with Crippen LogP contribution in [0.4, 0.5) is 4.79 Å². The van der Waals surface area contributed by atoms with Gasteiger partial charge in [-0.2, -0.15) is 4.31 Å². The highest BCUT2D eigenvalue weighted by Gasteiger charge is 2.44. The van der Waals surface area contributed by atoms with Crippen LogP contribution in [0.15, 0.2) is 21.7 Å². The number of urea groups is 1. The van der Waals surface area contributed by atoms with Crippen molar-refractivity contribution in [2.75, 3.05) is 32.7 Å². The van der Waals surface area contributed by atoms with Crippen LogP contribution in [0.2, 0.25) is 0 Å². The predicted molar refractivity (Wildman–Crippen MR) is 98.6 cm³/mol. The number of nitrogens with one attached hydrogen (secondary N) is 1. The molecule has 0 atom stereocenters. The van der Waals surface area contributed by atoms with Gasteiger partial charge in [-0.3, -0.25) is 14.5 Å². The quantitative estimate of drug-likeness (QED) is 0.698. The van der Waals surface area contributed by atoms with E-state index >= 15 is 0 Å². The second-order valence-corrected chi connectivity index (χ2v) is 10.1. The first-order chi connectivity index (χ1) is 12.6. The highest BCUT2D eigenvalue weighted by Crippen LogP contribution is 2.22. The molecule has 27 heavy (non-hydrogen) atoms. The summed E-state index contributed by atoms with van der Waals surface area (Å²) >= 11 is 1.17. The van der Waals surface area contributed by atoms with Crippen LogP contribution in [0.25, 0.3) is 0 Å². The molecule has 1 aromatic rings. The normalized spacial score (nSPS) is 20.8. The van der Waals surface area contributed by atoms with Gasteiger partial charge in [0.15, 0.2) is 0 Å². The van der Waals surface area contributed by atoms with Crippen molar-refractivity contribution in [2.45, 2.75) is 30.0 Å². The molecule has 0 aromatic carbocycles. The van der Waals surface area contributed by atoms with E-state index in [4.69, 9.17) is 0 Å². The van der Waals surface area contributed by atoms with E-state index in [-0.39, 0.29) is 51.0 Å². The lowest BCUT2D eigenvalue weighted by molar-refractivity contribution is -0.134. The number of piperazine rings is 1. The Morgan fingerprint density at radius 3 is 2.41 bits per heavy atom. The molecular formula is C16H22N4O5S2. The third kappa shape index (κ3) is 3.85. The Labute approximate surface area is 162 Å². The molecule has 3 heterocycles. The Kier molecular flexibility index (Phi) is 5.28. The molecule has 0 bridgehead atoms. The molecule has 0 saturated carbocycles. The number of imide groups is 1. The van der Waals surface area contributed by atoms with Gasteiger partial charge in [0.05, 0.1) is 0 Å². The molecule has 0 spiro atoms. The summed E-state index contributed by atoms with van der Waals surface area (Å²) in [5, 5.41) is 4.28. The van der Waals surface area contributed by atoms with Gasteiger partial charge in [-0.15, -0.1) is 11.3 Å². The molecule has 9 nitrogen and oxygen atoms in total. The minimum atomic E-state index is -3.51. The number of hydrogen-bond donors (Lipinski definition) is 1. The van der Waals surface area contributed by atoms with Crippen molar-refractivity contribution >= 4 is 39.2 Å². The zero-order chi connectivity index (χ0) is 19.8. The Bertz CT molecular complexity index is 842. The van der Waals surface area contributed by atoms with E-state index in [9.17, 15) is 22.8 Å². The molecular weight excluding hydrogens is 392 g/mol. The lowest BCUT2D eigenvalue weighted by Gasteiger charge is -2.34. The van der Waals surface area contributed by atoms with Crippen LogP contribution < -0.4 is 5.32 Å². The van der Waals surface area contributed by atoms with Gasteiger partial charge in [0, 0.05) is 39.1 Å². The van der Waals surface area contributed by atoms with Crippen molar-refractivity contribution in [3.05, 3.63) is 17.5 Å². The number of hydrogen-bond acceptors (Lipinski definition) is 6. The minimum absolute atomic E-state index is 0.0145. The molecule has 3 rings (SSSR count). The van der Waals surface area contributed by atoms with E-state index in [1.54, 1.807) is 36.3 Å². The van der Waals surface area contributed by atoms with E-state index in [1.807, 2.05) is 0 Å². The monoisotopic (exact) mass is 414 g/mol. The first-order valence-electron chi connectivity index (χ1n) is 8.58. The number of nitrogens with zero attached hydrogens (tertiary/aromatic N) is 3. The van der Waals surface area contributed by atoms with Crippen molar-refractivity contribution < 1.29 is 22.8 Å². The first-order valence-corrected chi connectivity index (χ1v) is 10.9. The van der Waals surface area contributed by atoms with Crippen molar-refractivity contribution in [3.8, 4) is 0 Å². The summed E-state index contributed by atoms with van der Waals surface area (Å²) in [6, 6.07) is 2.76. The number of rotatable bonds is 5. The van der Waals surface area contributed by atoms with Gasteiger partial charge < -0.3 is 10.2 Å². The smallest absolute Gasteiger partial charge is 0.325 e. The van der Waals surface area contributed by atoms with Gasteiger partial charge >= 0.3 is 6.03 Å². The summed E-state index contributed by atoms with van der Waals surface area (Å²) in [6.45, 7) is 4.26. The van der Waals surface area contributed by atoms with Crippen LogP contribution in [0, 0.1) is 0 Å².